The van der Waals surface area contributed by atoms with Gasteiger partial charge in [0.1, 0.15) is 0 Å². The van der Waals surface area contributed by atoms with Gasteiger partial charge in [0.15, 0.2) is 5.13 Å². The number of halogens is 2. The van der Waals surface area contributed by atoms with E-state index in [0.717, 1.165) is 10.3 Å². The van der Waals surface area contributed by atoms with Gasteiger partial charge in [0.25, 0.3) is 10.0 Å². The van der Waals surface area contributed by atoms with Gasteiger partial charge < -0.3 is 0 Å². The number of anilines is 1. The zero-order valence-corrected chi connectivity index (χ0v) is 14.4. The lowest BCUT2D eigenvalue weighted by molar-refractivity contribution is 0.601. The van der Waals surface area contributed by atoms with Crippen LogP contribution in [-0.4, -0.2) is 13.4 Å². The Morgan fingerprint density at radius 2 is 1.77 bits per heavy atom. The monoisotopic (exact) mass is 372 g/mol. The summed E-state index contributed by atoms with van der Waals surface area (Å²) < 4.78 is 28.0. The molecule has 1 heterocycles. The predicted octanol–water partition coefficient (Wildman–Crippen LogP) is 4.71. The van der Waals surface area contributed by atoms with Crippen molar-refractivity contribution < 1.29 is 8.42 Å². The molecule has 114 valence electrons. The van der Waals surface area contributed by atoms with Crippen molar-refractivity contribution in [3.8, 4) is 0 Å². The van der Waals surface area contributed by atoms with E-state index in [4.69, 9.17) is 23.2 Å². The SMILES string of the molecule is Cc1c(Cl)ccc2sc(NS(=O)(=O)c3ccc(Cl)cc3)nc12. The predicted molar refractivity (Wildman–Crippen MR) is 91.6 cm³/mol. The number of hydrogen-bond acceptors (Lipinski definition) is 4. The van der Waals surface area contributed by atoms with Crippen LogP contribution in [0.1, 0.15) is 5.56 Å². The Balaban J connectivity index is 1.99. The molecular weight excluding hydrogens is 363 g/mol. The highest BCUT2D eigenvalue weighted by atomic mass is 35.5. The summed E-state index contributed by atoms with van der Waals surface area (Å²) in [6.45, 7) is 1.85. The van der Waals surface area contributed by atoms with Gasteiger partial charge in [0.05, 0.1) is 15.1 Å². The normalized spacial score (nSPS) is 11.8. The fourth-order valence-corrected chi connectivity index (χ4v) is 4.37. The largest absolute Gasteiger partial charge is 0.263 e. The molecule has 0 aliphatic carbocycles. The van der Waals surface area contributed by atoms with Crippen LogP contribution in [0.5, 0.6) is 0 Å². The van der Waals surface area contributed by atoms with Crippen molar-refractivity contribution in [3.05, 3.63) is 52.0 Å². The van der Waals surface area contributed by atoms with E-state index in [9.17, 15) is 8.42 Å². The molecule has 0 aliphatic heterocycles. The number of hydrogen-bond donors (Lipinski definition) is 1. The highest BCUT2D eigenvalue weighted by Crippen LogP contribution is 2.32. The Kier molecular flexibility index (Phi) is 4.03. The molecular formula is C14H10Cl2N2O2S2. The molecule has 0 aliphatic rings. The van der Waals surface area contributed by atoms with E-state index in [1.54, 1.807) is 6.07 Å². The van der Waals surface area contributed by atoms with Crippen molar-refractivity contribution in [2.24, 2.45) is 0 Å². The molecule has 0 radical (unpaired) electrons. The molecule has 3 rings (SSSR count). The Labute approximate surface area is 141 Å². The number of thiazole rings is 1. The standard InChI is InChI=1S/C14H10Cl2N2O2S2/c1-8-11(16)6-7-12-13(8)17-14(21-12)18-22(19,20)10-4-2-9(15)3-5-10/h2-7H,1H3,(H,17,18). The lowest BCUT2D eigenvalue weighted by atomic mass is 10.2. The minimum Gasteiger partial charge on any atom is -0.255 e. The van der Waals surface area contributed by atoms with Crippen LogP contribution in [0.2, 0.25) is 10.0 Å². The summed E-state index contributed by atoms with van der Waals surface area (Å²) in [7, 11) is -3.69. The van der Waals surface area contributed by atoms with Crippen molar-refractivity contribution >= 4 is 59.9 Å². The van der Waals surface area contributed by atoms with Gasteiger partial charge in [-0.2, -0.15) is 0 Å². The number of benzene rings is 2. The van der Waals surface area contributed by atoms with Crippen LogP contribution in [0.3, 0.4) is 0 Å². The first-order valence-electron chi connectivity index (χ1n) is 6.21. The lowest BCUT2D eigenvalue weighted by Crippen LogP contribution is -2.12. The van der Waals surface area contributed by atoms with Crippen molar-refractivity contribution in [3.63, 3.8) is 0 Å². The number of aryl methyl sites for hydroxylation is 1. The third-order valence-electron chi connectivity index (χ3n) is 3.09. The van der Waals surface area contributed by atoms with Crippen LogP contribution in [0, 0.1) is 6.92 Å². The number of sulfonamides is 1. The molecule has 0 amide bonds. The quantitative estimate of drug-likeness (QED) is 0.723. The summed E-state index contributed by atoms with van der Waals surface area (Å²) in [4.78, 5) is 4.45. The smallest absolute Gasteiger partial charge is 0.255 e. The molecule has 0 saturated carbocycles. The molecule has 2 aromatic carbocycles. The highest BCUT2D eigenvalue weighted by molar-refractivity contribution is 7.93. The van der Waals surface area contributed by atoms with Crippen LogP contribution in [0.15, 0.2) is 41.3 Å². The Morgan fingerprint density at radius 1 is 1.09 bits per heavy atom. The van der Waals surface area contributed by atoms with E-state index in [1.807, 2.05) is 13.0 Å². The summed E-state index contributed by atoms with van der Waals surface area (Å²) >= 11 is 13.1. The summed E-state index contributed by atoms with van der Waals surface area (Å²) in [5, 5.41) is 1.38. The molecule has 4 nitrogen and oxygen atoms in total. The van der Waals surface area contributed by atoms with E-state index in [1.165, 1.54) is 35.6 Å². The topological polar surface area (TPSA) is 59.1 Å². The number of rotatable bonds is 3. The first-order chi connectivity index (χ1) is 10.4. The summed E-state index contributed by atoms with van der Waals surface area (Å²) in [6.07, 6.45) is 0. The Bertz CT molecular complexity index is 951. The van der Waals surface area contributed by atoms with Crippen LogP contribution in [0.4, 0.5) is 5.13 Å². The third-order valence-corrected chi connectivity index (χ3v) is 6.18. The molecule has 8 heteroatoms. The number of aromatic nitrogens is 1. The van der Waals surface area contributed by atoms with Crippen molar-refractivity contribution in [2.75, 3.05) is 4.72 Å². The first-order valence-corrected chi connectivity index (χ1v) is 9.26. The van der Waals surface area contributed by atoms with Gasteiger partial charge in [-0.05, 0) is 48.9 Å². The van der Waals surface area contributed by atoms with Gasteiger partial charge in [-0.1, -0.05) is 34.5 Å². The molecule has 1 aromatic heterocycles. The second kappa shape index (κ2) is 5.70. The molecule has 0 saturated heterocycles. The maximum absolute atomic E-state index is 12.3. The molecule has 22 heavy (non-hydrogen) atoms. The second-order valence-corrected chi connectivity index (χ2v) is 8.15. The van der Waals surface area contributed by atoms with Crippen LogP contribution >= 0.6 is 34.5 Å². The number of nitrogens with one attached hydrogen (secondary N) is 1. The molecule has 3 aromatic rings. The Morgan fingerprint density at radius 3 is 2.45 bits per heavy atom. The van der Waals surface area contributed by atoms with Gasteiger partial charge in [0, 0.05) is 10.0 Å². The molecule has 0 spiro atoms. The van der Waals surface area contributed by atoms with Gasteiger partial charge in [-0.15, -0.1) is 0 Å². The second-order valence-electron chi connectivity index (χ2n) is 4.60. The van der Waals surface area contributed by atoms with Gasteiger partial charge in [-0.25, -0.2) is 13.4 Å². The zero-order valence-electron chi connectivity index (χ0n) is 11.3. The van der Waals surface area contributed by atoms with Crippen LogP contribution < -0.4 is 4.72 Å². The maximum Gasteiger partial charge on any atom is 0.263 e. The van der Waals surface area contributed by atoms with E-state index in [2.05, 4.69) is 9.71 Å². The highest BCUT2D eigenvalue weighted by Gasteiger charge is 2.17. The fraction of sp³-hybridized carbons (Fsp3) is 0.0714. The zero-order chi connectivity index (χ0) is 15.9. The fourth-order valence-electron chi connectivity index (χ4n) is 1.93. The van der Waals surface area contributed by atoms with Gasteiger partial charge in [-0.3, -0.25) is 4.72 Å². The third kappa shape index (κ3) is 2.92. The van der Waals surface area contributed by atoms with E-state index >= 15 is 0 Å². The molecule has 0 unspecified atom stereocenters. The molecule has 0 bridgehead atoms. The van der Waals surface area contributed by atoms with Crippen LogP contribution in [0.25, 0.3) is 10.2 Å². The summed E-state index contributed by atoms with van der Waals surface area (Å²) in [5.74, 6) is 0. The van der Waals surface area contributed by atoms with Crippen molar-refractivity contribution in [1.82, 2.24) is 4.98 Å². The summed E-state index contributed by atoms with van der Waals surface area (Å²) in [5.41, 5.74) is 1.53. The minimum absolute atomic E-state index is 0.130. The first kappa shape index (κ1) is 15.6. The van der Waals surface area contributed by atoms with E-state index < -0.39 is 10.0 Å². The van der Waals surface area contributed by atoms with E-state index in [0.29, 0.717) is 20.7 Å². The average Bonchev–Trinajstić information content (AvgIpc) is 2.86. The summed E-state index contributed by atoms with van der Waals surface area (Å²) in [6, 6.07) is 9.54. The minimum atomic E-state index is -3.69. The maximum atomic E-state index is 12.3. The van der Waals surface area contributed by atoms with E-state index in [-0.39, 0.29) is 4.90 Å². The molecule has 0 fully saturated rings. The van der Waals surface area contributed by atoms with Gasteiger partial charge in [0.2, 0.25) is 0 Å². The lowest BCUT2D eigenvalue weighted by Gasteiger charge is -2.04. The van der Waals surface area contributed by atoms with Crippen molar-refractivity contribution in [1.29, 1.82) is 0 Å². The number of fused-ring (bicyclic) bond motifs is 1. The molecule has 1 N–H and O–H groups in total. The number of nitrogens with zero attached hydrogens (tertiary/aromatic N) is 1. The average molecular weight is 373 g/mol. The van der Waals surface area contributed by atoms with Gasteiger partial charge >= 0.3 is 0 Å². The van der Waals surface area contributed by atoms with Crippen LogP contribution in [-0.2, 0) is 10.0 Å². The molecule has 0 atom stereocenters. The van der Waals surface area contributed by atoms with Crippen molar-refractivity contribution in [2.45, 2.75) is 11.8 Å². The Hall–Kier alpha value is -1.34.